The van der Waals surface area contributed by atoms with Crippen LogP contribution >= 0.6 is 0 Å². The van der Waals surface area contributed by atoms with Crippen LogP contribution in [0.4, 0.5) is 9.18 Å². The fraction of sp³-hybridized carbons (Fsp3) is 0.640. The van der Waals surface area contributed by atoms with Crippen molar-refractivity contribution in [3.8, 4) is 0 Å². The molecule has 30 heavy (non-hydrogen) atoms. The van der Waals surface area contributed by atoms with Crippen LogP contribution in [-0.4, -0.2) is 34.6 Å². The number of carbonyl (C=O) groups is 1. The zero-order valence-electron chi connectivity index (χ0n) is 19.8. The van der Waals surface area contributed by atoms with Crippen molar-refractivity contribution in [3.63, 3.8) is 0 Å². The minimum absolute atomic E-state index is 0.229. The molecule has 0 spiro atoms. The summed E-state index contributed by atoms with van der Waals surface area (Å²) in [6.07, 6.45) is 8.86. The number of rotatable bonds is 10. The zero-order chi connectivity index (χ0) is 22.4. The van der Waals surface area contributed by atoms with Crippen molar-refractivity contribution in [1.82, 2.24) is 4.57 Å². The summed E-state index contributed by atoms with van der Waals surface area (Å²) in [5.41, 5.74) is 0.215. The summed E-state index contributed by atoms with van der Waals surface area (Å²) in [5.74, 6) is -0.229. The fourth-order valence-electron chi connectivity index (χ4n) is 4.41. The van der Waals surface area contributed by atoms with Crippen molar-refractivity contribution in [2.75, 3.05) is 0 Å². The standard InChI is InChI=1S/C13H13FNO2.3C4H9.Sn/c1-13(2,3)17-12(16)15-7-6-9-8-10(14)4-5-11(9)15;3*1-3-4-2;/h4-5,7-8H,1-3H3;3*1,3-4H2,2H3;. The molecule has 1 heterocycles. The van der Waals surface area contributed by atoms with Gasteiger partial charge in [-0.05, 0) is 0 Å². The summed E-state index contributed by atoms with van der Waals surface area (Å²) in [6, 6.07) is 4.85. The first-order chi connectivity index (χ1) is 14.2. The molecule has 5 heteroatoms. The first-order valence-electron chi connectivity index (χ1n) is 11.7. The van der Waals surface area contributed by atoms with E-state index < -0.39 is 24.0 Å². The molecule has 0 saturated heterocycles. The normalized spacial score (nSPS) is 12.5. The van der Waals surface area contributed by atoms with E-state index in [2.05, 4.69) is 20.8 Å². The van der Waals surface area contributed by atoms with E-state index in [0.29, 0.717) is 0 Å². The molecule has 0 bridgehead atoms. The Morgan fingerprint density at radius 3 is 2.00 bits per heavy atom. The number of ether oxygens (including phenoxy) is 1. The predicted octanol–water partition coefficient (Wildman–Crippen LogP) is 7.62. The maximum absolute atomic E-state index is 14.3. The Kier molecular flexibility index (Phi) is 9.26. The molecule has 168 valence electrons. The van der Waals surface area contributed by atoms with Crippen LogP contribution in [0.5, 0.6) is 0 Å². The number of aromatic nitrogens is 1. The van der Waals surface area contributed by atoms with Crippen molar-refractivity contribution in [2.24, 2.45) is 0 Å². The predicted molar refractivity (Wildman–Crippen MR) is 128 cm³/mol. The summed E-state index contributed by atoms with van der Waals surface area (Å²) in [7, 11) is 0. The number of fused-ring (bicyclic) bond motifs is 1. The Morgan fingerprint density at radius 2 is 1.53 bits per heavy atom. The van der Waals surface area contributed by atoms with Gasteiger partial charge in [-0.1, -0.05) is 0 Å². The monoisotopic (exact) mass is 525 g/mol. The molecule has 0 aliphatic rings. The van der Waals surface area contributed by atoms with Crippen molar-refractivity contribution in [3.05, 3.63) is 30.2 Å². The third kappa shape index (κ3) is 6.24. The molecule has 0 unspecified atom stereocenters. The maximum atomic E-state index is 14.3. The second-order valence-corrected chi connectivity index (χ2v) is 22.8. The van der Waals surface area contributed by atoms with Gasteiger partial charge in [-0.2, -0.15) is 0 Å². The van der Waals surface area contributed by atoms with Crippen LogP contribution in [0.3, 0.4) is 0 Å². The van der Waals surface area contributed by atoms with Gasteiger partial charge in [-0.3, -0.25) is 0 Å². The van der Waals surface area contributed by atoms with Crippen LogP contribution in [0.25, 0.3) is 10.9 Å². The number of benzene rings is 1. The van der Waals surface area contributed by atoms with Crippen LogP contribution < -0.4 is 3.58 Å². The Balaban J connectivity index is 2.69. The number of nitrogens with zero attached hydrogens (tertiary/aromatic N) is 1. The first-order valence-corrected chi connectivity index (χ1v) is 19.2. The van der Waals surface area contributed by atoms with E-state index in [1.807, 2.05) is 27.0 Å². The van der Waals surface area contributed by atoms with Gasteiger partial charge in [0.25, 0.3) is 0 Å². The van der Waals surface area contributed by atoms with Crippen molar-refractivity contribution in [1.29, 1.82) is 0 Å². The van der Waals surface area contributed by atoms with Crippen molar-refractivity contribution >= 4 is 39.0 Å². The Hall–Kier alpha value is -1.04. The van der Waals surface area contributed by atoms with E-state index in [4.69, 9.17) is 4.74 Å². The Labute approximate surface area is 186 Å². The third-order valence-electron chi connectivity index (χ3n) is 5.95. The van der Waals surface area contributed by atoms with Gasteiger partial charge >= 0.3 is 187 Å². The number of halogens is 1. The molecular formula is C25H40FNO2Sn. The van der Waals surface area contributed by atoms with E-state index in [0.717, 1.165) is 10.9 Å². The molecule has 0 atom stereocenters. The molecule has 2 rings (SSSR count). The third-order valence-corrected chi connectivity index (χ3v) is 21.6. The van der Waals surface area contributed by atoms with Crippen molar-refractivity contribution < 1.29 is 13.9 Å². The average Bonchev–Trinajstić information content (AvgIpc) is 3.06. The topological polar surface area (TPSA) is 31.2 Å². The Morgan fingerprint density at radius 1 is 1.00 bits per heavy atom. The summed E-state index contributed by atoms with van der Waals surface area (Å²) in [6.45, 7) is 12.4. The van der Waals surface area contributed by atoms with Gasteiger partial charge in [0.1, 0.15) is 0 Å². The first kappa shape index (κ1) is 25.2. The van der Waals surface area contributed by atoms with Gasteiger partial charge in [-0.25, -0.2) is 0 Å². The Bertz CT molecular complexity index is 816. The van der Waals surface area contributed by atoms with Gasteiger partial charge in [-0.15, -0.1) is 0 Å². The number of unbranched alkanes of at least 4 members (excludes halogenated alkanes) is 3. The molecule has 0 saturated carbocycles. The molecule has 0 aliphatic heterocycles. The number of hydrogen-bond acceptors (Lipinski definition) is 2. The molecule has 0 N–H and O–H groups in total. The molecule has 2 aromatic rings. The van der Waals surface area contributed by atoms with Gasteiger partial charge in [0.05, 0.1) is 0 Å². The van der Waals surface area contributed by atoms with E-state index in [9.17, 15) is 9.18 Å². The summed E-state index contributed by atoms with van der Waals surface area (Å²) in [4.78, 5) is 13.0. The van der Waals surface area contributed by atoms with Crippen LogP contribution in [-0.2, 0) is 4.74 Å². The summed E-state index contributed by atoms with van der Waals surface area (Å²) in [5, 5.41) is 0.944. The van der Waals surface area contributed by atoms with Crippen molar-refractivity contribution in [2.45, 2.75) is 99.0 Å². The van der Waals surface area contributed by atoms with Gasteiger partial charge in [0.15, 0.2) is 0 Å². The number of hydrogen-bond donors (Lipinski definition) is 0. The molecule has 0 radical (unpaired) electrons. The van der Waals surface area contributed by atoms with Gasteiger partial charge in [0.2, 0.25) is 0 Å². The van der Waals surface area contributed by atoms with E-state index in [1.165, 1.54) is 61.5 Å². The number of carbonyl (C=O) groups excluding carboxylic acids is 1. The molecular weight excluding hydrogens is 484 g/mol. The van der Waals surface area contributed by atoms with Gasteiger partial charge < -0.3 is 0 Å². The molecule has 0 aliphatic carbocycles. The van der Waals surface area contributed by atoms with E-state index in [1.54, 1.807) is 16.7 Å². The fourth-order valence-corrected chi connectivity index (χ4v) is 21.0. The van der Waals surface area contributed by atoms with Gasteiger partial charge in [0, 0.05) is 0 Å². The summed E-state index contributed by atoms with van der Waals surface area (Å²) < 4.78 is 26.8. The second kappa shape index (κ2) is 11.0. The SMILES string of the molecule is CCC[CH2][Sn]([CH2]CCC)([CH2]CCC)[c]1cn(C(=O)OC(C)(C)C)c2ccc(F)cc12. The zero-order valence-corrected chi connectivity index (χ0v) is 22.7. The molecule has 0 fully saturated rings. The van der Waals surface area contributed by atoms with Crippen LogP contribution in [0.1, 0.15) is 80.1 Å². The van der Waals surface area contributed by atoms with Crippen LogP contribution in [0, 0.1) is 5.82 Å². The molecule has 1 aromatic carbocycles. The van der Waals surface area contributed by atoms with Crippen LogP contribution in [0.2, 0.25) is 13.3 Å². The molecule has 0 amide bonds. The van der Waals surface area contributed by atoms with E-state index in [-0.39, 0.29) is 11.9 Å². The second-order valence-electron chi connectivity index (χ2n) is 9.65. The molecule has 1 aromatic heterocycles. The van der Waals surface area contributed by atoms with E-state index >= 15 is 0 Å². The minimum atomic E-state index is -2.85. The molecule has 3 nitrogen and oxygen atoms in total. The summed E-state index contributed by atoms with van der Waals surface area (Å²) >= 11 is -2.85. The average molecular weight is 524 g/mol. The van der Waals surface area contributed by atoms with Crippen LogP contribution in [0.15, 0.2) is 24.4 Å². The quantitative estimate of drug-likeness (QED) is 0.300.